The molecule has 2 rings (SSSR count). The molecule has 0 aliphatic heterocycles. The third-order valence-corrected chi connectivity index (χ3v) is 3.87. The van der Waals surface area contributed by atoms with Crippen LogP contribution in [-0.4, -0.2) is 11.9 Å². The van der Waals surface area contributed by atoms with Gasteiger partial charge in [-0.1, -0.05) is 31.0 Å². The van der Waals surface area contributed by atoms with Crippen LogP contribution in [0.5, 0.6) is 5.75 Å². The van der Waals surface area contributed by atoms with E-state index in [1.165, 1.54) is 19.3 Å². The average molecular weight is 267 g/mol. The summed E-state index contributed by atoms with van der Waals surface area (Å²) in [4.78, 5) is 0. The summed E-state index contributed by atoms with van der Waals surface area (Å²) in [7, 11) is 0. The first-order valence-electron chi connectivity index (χ1n) is 6.39. The molecule has 1 aliphatic carbocycles. The van der Waals surface area contributed by atoms with E-state index in [4.69, 9.17) is 27.5 Å². The van der Waals surface area contributed by atoms with Crippen molar-refractivity contribution in [1.82, 2.24) is 0 Å². The van der Waals surface area contributed by atoms with Crippen LogP contribution in [0.1, 0.15) is 38.2 Å². The number of halogens is 1. The summed E-state index contributed by atoms with van der Waals surface area (Å²) in [5, 5.41) is 8.07. The van der Waals surface area contributed by atoms with Crippen LogP contribution in [0.15, 0.2) is 18.2 Å². The van der Waals surface area contributed by atoms with E-state index in [2.05, 4.69) is 6.92 Å². The fraction of sp³-hybridized carbons (Fsp3) is 0.500. The summed E-state index contributed by atoms with van der Waals surface area (Å²) in [6.45, 7) is 2.21. The molecule has 0 heterocycles. The molecule has 0 radical (unpaired) electrons. The Balaban J connectivity index is 2.23. The zero-order valence-electron chi connectivity index (χ0n) is 10.6. The predicted molar refractivity (Wildman–Crippen MR) is 74.5 cm³/mol. The van der Waals surface area contributed by atoms with E-state index in [1.54, 1.807) is 6.07 Å². The van der Waals surface area contributed by atoms with Crippen LogP contribution in [-0.2, 0) is 0 Å². The highest BCUT2D eigenvalue weighted by molar-refractivity contribution is 6.34. The maximum Gasteiger partial charge on any atom is 0.132 e. The second-order valence-electron chi connectivity index (χ2n) is 4.94. The Bertz CT molecular complexity index is 447. The molecular weight excluding hydrogens is 248 g/mol. The molecule has 2 unspecified atom stereocenters. The molecule has 1 fully saturated rings. The van der Waals surface area contributed by atoms with Gasteiger partial charge in [-0.25, -0.2) is 0 Å². The lowest BCUT2D eigenvalue weighted by Crippen LogP contribution is -2.29. The van der Waals surface area contributed by atoms with Crippen molar-refractivity contribution in [3.63, 3.8) is 0 Å². The minimum absolute atomic E-state index is 0.0425. The molecule has 0 saturated heterocycles. The third kappa shape index (κ3) is 2.78. The maximum absolute atomic E-state index is 7.60. The average Bonchev–Trinajstić information content (AvgIpc) is 2.31. The van der Waals surface area contributed by atoms with E-state index in [0.717, 1.165) is 6.42 Å². The number of rotatable bonds is 3. The Labute approximate surface area is 113 Å². The van der Waals surface area contributed by atoms with Crippen molar-refractivity contribution in [2.45, 2.75) is 38.7 Å². The zero-order chi connectivity index (χ0) is 13.1. The second kappa shape index (κ2) is 5.61. The number of nitrogens with one attached hydrogen (secondary N) is 1. The van der Waals surface area contributed by atoms with Crippen molar-refractivity contribution >= 4 is 17.4 Å². The number of hydrogen-bond acceptors (Lipinski definition) is 2. The second-order valence-corrected chi connectivity index (χ2v) is 5.35. The zero-order valence-corrected chi connectivity index (χ0v) is 11.3. The highest BCUT2D eigenvalue weighted by Crippen LogP contribution is 2.32. The van der Waals surface area contributed by atoms with Crippen LogP contribution in [0, 0.1) is 11.3 Å². The Morgan fingerprint density at radius 1 is 1.39 bits per heavy atom. The topological polar surface area (TPSA) is 59.1 Å². The predicted octanol–water partition coefficient (Wildman–Crippen LogP) is 3.58. The Kier molecular flexibility index (Phi) is 4.12. The van der Waals surface area contributed by atoms with Gasteiger partial charge in [-0.15, -0.1) is 0 Å². The lowest BCUT2D eigenvalue weighted by atomic mass is 9.88. The van der Waals surface area contributed by atoms with Crippen LogP contribution in [0.3, 0.4) is 0 Å². The maximum atomic E-state index is 7.60. The standard InChI is InChI=1S/C14H19ClN2O/c1-9-5-2-3-7-11(9)18-12-8-4-6-10(15)13(12)14(16)17/h4,6,8-9,11H,2-3,5,7H2,1H3,(H3,16,17). The van der Waals surface area contributed by atoms with Gasteiger partial charge < -0.3 is 10.5 Å². The van der Waals surface area contributed by atoms with Gasteiger partial charge in [0.15, 0.2) is 0 Å². The van der Waals surface area contributed by atoms with E-state index in [-0.39, 0.29) is 11.9 Å². The van der Waals surface area contributed by atoms with E-state index < -0.39 is 0 Å². The van der Waals surface area contributed by atoms with Crippen molar-refractivity contribution < 1.29 is 4.74 Å². The summed E-state index contributed by atoms with van der Waals surface area (Å²) in [6.07, 6.45) is 4.93. The van der Waals surface area contributed by atoms with Gasteiger partial charge in [0.05, 0.1) is 10.6 Å². The van der Waals surface area contributed by atoms with Gasteiger partial charge in [0.2, 0.25) is 0 Å². The first kappa shape index (κ1) is 13.2. The lowest BCUT2D eigenvalue weighted by molar-refractivity contribution is 0.102. The van der Waals surface area contributed by atoms with Crippen LogP contribution in [0.4, 0.5) is 0 Å². The Hall–Kier alpha value is -1.22. The molecule has 3 N–H and O–H groups in total. The van der Waals surface area contributed by atoms with Crippen LogP contribution in [0.2, 0.25) is 5.02 Å². The smallest absolute Gasteiger partial charge is 0.132 e. The van der Waals surface area contributed by atoms with Crippen molar-refractivity contribution in [3.05, 3.63) is 28.8 Å². The molecule has 1 aliphatic rings. The highest BCUT2D eigenvalue weighted by atomic mass is 35.5. The number of ether oxygens (including phenoxy) is 1. The first-order chi connectivity index (χ1) is 8.59. The van der Waals surface area contributed by atoms with Crippen molar-refractivity contribution in [3.8, 4) is 5.75 Å². The van der Waals surface area contributed by atoms with E-state index in [9.17, 15) is 0 Å². The van der Waals surface area contributed by atoms with Gasteiger partial charge in [-0.3, -0.25) is 5.41 Å². The molecule has 3 nitrogen and oxygen atoms in total. The van der Waals surface area contributed by atoms with E-state index >= 15 is 0 Å². The summed E-state index contributed by atoms with van der Waals surface area (Å²) in [6, 6.07) is 5.40. The summed E-state index contributed by atoms with van der Waals surface area (Å²) < 4.78 is 6.04. The van der Waals surface area contributed by atoms with Crippen molar-refractivity contribution in [1.29, 1.82) is 5.41 Å². The summed E-state index contributed by atoms with van der Waals surface area (Å²) in [5.41, 5.74) is 6.09. The van der Waals surface area contributed by atoms with Crippen LogP contribution >= 0.6 is 11.6 Å². The monoisotopic (exact) mass is 266 g/mol. The SMILES string of the molecule is CC1CCCCC1Oc1cccc(Cl)c1C(=N)N. The fourth-order valence-corrected chi connectivity index (χ4v) is 2.75. The third-order valence-electron chi connectivity index (χ3n) is 3.56. The molecule has 18 heavy (non-hydrogen) atoms. The molecular formula is C14H19ClN2O. The Morgan fingerprint density at radius 2 is 2.11 bits per heavy atom. The molecule has 0 spiro atoms. The normalized spacial score (nSPS) is 23.7. The van der Waals surface area contributed by atoms with Gasteiger partial charge in [0, 0.05) is 0 Å². The number of nitrogens with two attached hydrogens (primary N) is 1. The minimum atomic E-state index is -0.0425. The fourth-order valence-electron chi connectivity index (χ4n) is 2.48. The highest BCUT2D eigenvalue weighted by Gasteiger charge is 2.24. The number of nitrogen functional groups attached to an aromatic ring is 1. The number of hydrogen-bond donors (Lipinski definition) is 2. The molecule has 2 atom stereocenters. The summed E-state index contributed by atoms with van der Waals surface area (Å²) in [5.74, 6) is 1.13. The largest absolute Gasteiger partial charge is 0.489 e. The van der Waals surface area contributed by atoms with Gasteiger partial charge in [-0.05, 0) is 37.3 Å². The van der Waals surface area contributed by atoms with Gasteiger partial charge in [-0.2, -0.15) is 0 Å². The summed E-state index contributed by atoms with van der Waals surface area (Å²) >= 11 is 6.08. The van der Waals surface area contributed by atoms with Crippen LogP contribution < -0.4 is 10.5 Å². The lowest BCUT2D eigenvalue weighted by Gasteiger charge is -2.30. The van der Waals surface area contributed by atoms with E-state index in [0.29, 0.717) is 22.3 Å². The van der Waals surface area contributed by atoms with Gasteiger partial charge in [0.1, 0.15) is 17.7 Å². The molecule has 0 bridgehead atoms. The molecule has 1 aromatic rings. The molecule has 0 amide bonds. The quantitative estimate of drug-likeness (QED) is 0.649. The number of amidine groups is 1. The van der Waals surface area contributed by atoms with E-state index in [1.807, 2.05) is 12.1 Å². The van der Waals surface area contributed by atoms with Crippen LogP contribution in [0.25, 0.3) is 0 Å². The molecule has 0 aromatic heterocycles. The van der Waals surface area contributed by atoms with Gasteiger partial charge >= 0.3 is 0 Å². The minimum Gasteiger partial charge on any atom is -0.489 e. The molecule has 1 aromatic carbocycles. The van der Waals surface area contributed by atoms with Gasteiger partial charge in [0.25, 0.3) is 0 Å². The molecule has 4 heteroatoms. The molecule has 98 valence electrons. The molecule has 1 saturated carbocycles. The Morgan fingerprint density at radius 3 is 2.78 bits per heavy atom. The number of benzene rings is 1. The van der Waals surface area contributed by atoms with Crippen molar-refractivity contribution in [2.24, 2.45) is 11.7 Å². The first-order valence-corrected chi connectivity index (χ1v) is 6.77. The van der Waals surface area contributed by atoms with Crippen molar-refractivity contribution in [2.75, 3.05) is 0 Å².